The maximum atomic E-state index is 11.8. The van der Waals surface area contributed by atoms with Gasteiger partial charge in [0.2, 0.25) is 0 Å². The fourth-order valence-electron chi connectivity index (χ4n) is 2.05. The summed E-state index contributed by atoms with van der Waals surface area (Å²) < 4.78 is 5.50. The lowest BCUT2D eigenvalue weighted by Gasteiger charge is -2.18. The minimum absolute atomic E-state index is 0.370. The van der Waals surface area contributed by atoms with Crippen molar-refractivity contribution >= 4 is 17.3 Å². The lowest BCUT2D eigenvalue weighted by Crippen LogP contribution is -2.11. The number of azo groups is 1. The Bertz CT molecular complexity index is 708. The number of ether oxygens (including phenoxy) is 1. The molecule has 1 atom stereocenters. The number of nitrogens with zero attached hydrogens (tertiary/aromatic N) is 2. The first-order valence-corrected chi connectivity index (χ1v) is 7.54. The van der Waals surface area contributed by atoms with Crippen LogP contribution < -0.4 is 0 Å². The third-order valence-corrected chi connectivity index (χ3v) is 3.28. The Kier molecular flexibility index (Phi) is 5.80. The molecule has 4 nitrogen and oxygen atoms in total. The van der Waals surface area contributed by atoms with Crippen LogP contribution in [0.4, 0.5) is 11.4 Å². The summed E-state index contributed by atoms with van der Waals surface area (Å²) in [6, 6.07) is 17.0. The van der Waals surface area contributed by atoms with E-state index in [2.05, 4.69) is 16.8 Å². The number of carbonyl (C=O) groups is 1. The fourth-order valence-corrected chi connectivity index (χ4v) is 2.05. The molecule has 118 valence electrons. The van der Waals surface area contributed by atoms with Gasteiger partial charge in [0, 0.05) is 11.1 Å². The SMILES string of the molecule is C=C(C)C(=O)OC(CC)c1ccccc1N=Nc1ccccc1. The molecule has 0 aromatic heterocycles. The highest BCUT2D eigenvalue weighted by molar-refractivity contribution is 5.87. The monoisotopic (exact) mass is 308 g/mol. The molecule has 0 fully saturated rings. The van der Waals surface area contributed by atoms with Crippen LogP contribution in [0.3, 0.4) is 0 Å². The number of esters is 1. The maximum Gasteiger partial charge on any atom is 0.333 e. The van der Waals surface area contributed by atoms with Crippen LogP contribution in [-0.4, -0.2) is 5.97 Å². The summed E-state index contributed by atoms with van der Waals surface area (Å²) in [5.74, 6) is -0.397. The van der Waals surface area contributed by atoms with E-state index in [4.69, 9.17) is 4.74 Å². The average Bonchev–Trinajstić information content (AvgIpc) is 2.59. The van der Waals surface area contributed by atoms with Crippen LogP contribution in [0.2, 0.25) is 0 Å². The Morgan fingerprint density at radius 3 is 2.39 bits per heavy atom. The van der Waals surface area contributed by atoms with E-state index in [1.807, 2.05) is 61.5 Å². The van der Waals surface area contributed by atoms with E-state index in [0.717, 1.165) is 11.3 Å². The molecule has 0 amide bonds. The largest absolute Gasteiger partial charge is 0.454 e. The van der Waals surface area contributed by atoms with Gasteiger partial charge in [-0.3, -0.25) is 0 Å². The van der Waals surface area contributed by atoms with Crippen LogP contribution in [0.15, 0.2) is 77.0 Å². The van der Waals surface area contributed by atoms with Gasteiger partial charge >= 0.3 is 5.97 Å². The first kappa shape index (κ1) is 16.6. The van der Waals surface area contributed by atoms with Gasteiger partial charge in [-0.1, -0.05) is 49.9 Å². The minimum atomic E-state index is -0.397. The molecule has 0 radical (unpaired) electrons. The third kappa shape index (κ3) is 4.61. The molecule has 2 aromatic carbocycles. The summed E-state index contributed by atoms with van der Waals surface area (Å²) in [7, 11) is 0. The number of benzene rings is 2. The number of hydrogen-bond acceptors (Lipinski definition) is 4. The molecule has 4 heteroatoms. The zero-order valence-electron chi connectivity index (χ0n) is 13.4. The second-order valence-corrected chi connectivity index (χ2v) is 5.18. The molecule has 23 heavy (non-hydrogen) atoms. The average molecular weight is 308 g/mol. The van der Waals surface area contributed by atoms with E-state index < -0.39 is 5.97 Å². The van der Waals surface area contributed by atoms with Gasteiger partial charge in [-0.15, -0.1) is 0 Å². The van der Waals surface area contributed by atoms with Crippen LogP contribution in [0.5, 0.6) is 0 Å². The first-order chi connectivity index (χ1) is 11.1. The van der Waals surface area contributed by atoms with Gasteiger partial charge in [0.1, 0.15) is 6.10 Å². The molecule has 0 aliphatic heterocycles. The minimum Gasteiger partial charge on any atom is -0.454 e. The van der Waals surface area contributed by atoms with Gasteiger partial charge in [-0.05, 0) is 31.5 Å². The quantitative estimate of drug-likeness (QED) is 0.392. The Morgan fingerprint density at radius 2 is 1.74 bits per heavy atom. The van der Waals surface area contributed by atoms with Crippen molar-refractivity contribution in [2.45, 2.75) is 26.4 Å². The van der Waals surface area contributed by atoms with E-state index >= 15 is 0 Å². The summed E-state index contributed by atoms with van der Waals surface area (Å²) in [4.78, 5) is 11.8. The van der Waals surface area contributed by atoms with Crippen molar-refractivity contribution in [1.29, 1.82) is 0 Å². The van der Waals surface area contributed by atoms with Crippen molar-refractivity contribution < 1.29 is 9.53 Å². The van der Waals surface area contributed by atoms with Gasteiger partial charge < -0.3 is 4.74 Å². The molecule has 0 saturated carbocycles. The van der Waals surface area contributed by atoms with Crippen LogP contribution >= 0.6 is 0 Å². The van der Waals surface area contributed by atoms with Crippen molar-refractivity contribution in [3.8, 4) is 0 Å². The van der Waals surface area contributed by atoms with Gasteiger partial charge in [-0.25, -0.2) is 4.79 Å². The summed E-state index contributed by atoms with van der Waals surface area (Å²) in [5.41, 5.74) is 2.68. The van der Waals surface area contributed by atoms with E-state index in [-0.39, 0.29) is 6.10 Å². The molecular weight excluding hydrogens is 288 g/mol. The van der Waals surface area contributed by atoms with Gasteiger partial charge in [0.25, 0.3) is 0 Å². The van der Waals surface area contributed by atoms with Crippen LogP contribution in [-0.2, 0) is 9.53 Å². The molecule has 0 heterocycles. The highest BCUT2D eigenvalue weighted by Gasteiger charge is 2.18. The molecule has 0 saturated heterocycles. The molecule has 0 N–H and O–H groups in total. The summed E-state index contributed by atoms with van der Waals surface area (Å²) in [5, 5.41) is 8.54. The normalized spacial score (nSPS) is 12.1. The second-order valence-electron chi connectivity index (χ2n) is 5.18. The number of hydrogen-bond donors (Lipinski definition) is 0. The number of rotatable bonds is 6. The second kappa shape index (κ2) is 8.03. The van der Waals surface area contributed by atoms with Crippen LogP contribution in [0, 0.1) is 0 Å². The molecule has 1 unspecified atom stereocenters. The fraction of sp³-hybridized carbons (Fsp3) is 0.211. The standard InChI is InChI=1S/C19H20N2O2/c1-4-18(23-19(22)14(2)3)16-12-8-9-13-17(16)21-20-15-10-6-5-7-11-15/h5-13,18H,2,4H2,1,3H3. The van der Waals surface area contributed by atoms with Gasteiger partial charge in [0.15, 0.2) is 0 Å². The summed E-state index contributed by atoms with van der Waals surface area (Å²) in [6.45, 7) is 7.21. The van der Waals surface area contributed by atoms with Crippen molar-refractivity contribution in [1.82, 2.24) is 0 Å². The highest BCUT2D eigenvalue weighted by atomic mass is 16.5. The molecule has 2 rings (SSSR count). The smallest absolute Gasteiger partial charge is 0.333 e. The Labute approximate surface area is 136 Å². The summed E-state index contributed by atoms with van der Waals surface area (Å²) in [6.07, 6.45) is 0.279. The Balaban J connectivity index is 2.27. The zero-order chi connectivity index (χ0) is 16.7. The molecule has 0 aliphatic rings. The first-order valence-electron chi connectivity index (χ1n) is 7.54. The lowest BCUT2D eigenvalue weighted by molar-refractivity contribution is -0.144. The van der Waals surface area contributed by atoms with Crippen molar-refractivity contribution in [2.24, 2.45) is 10.2 Å². The van der Waals surface area contributed by atoms with Crippen molar-refractivity contribution in [3.05, 3.63) is 72.3 Å². The summed E-state index contributed by atoms with van der Waals surface area (Å²) >= 11 is 0. The van der Waals surface area contributed by atoms with Crippen LogP contribution in [0.1, 0.15) is 31.9 Å². The van der Waals surface area contributed by atoms with E-state index in [1.54, 1.807) is 6.92 Å². The van der Waals surface area contributed by atoms with Gasteiger partial charge in [0.05, 0.1) is 11.4 Å². The molecule has 2 aromatic rings. The number of carbonyl (C=O) groups excluding carboxylic acids is 1. The van der Waals surface area contributed by atoms with E-state index in [0.29, 0.717) is 17.7 Å². The van der Waals surface area contributed by atoms with E-state index in [9.17, 15) is 4.79 Å². The lowest BCUT2D eigenvalue weighted by atomic mass is 10.1. The van der Waals surface area contributed by atoms with Crippen molar-refractivity contribution in [2.75, 3.05) is 0 Å². The van der Waals surface area contributed by atoms with Crippen LogP contribution in [0.25, 0.3) is 0 Å². The molecular formula is C19H20N2O2. The Hall–Kier alpha value is -2.75. The molecule has 0 aliphatic carbocycles. The third-order valence-electron chi connectivity index (χ3n) is 3.28. The van der Waals surface area contributed by atoms with Crippen molar-refractivity contribution in [3.63, 3.8) is 0 Å². The molecule has 0 bridgehead atoms. The topological polar surface area (TPSA) is 51.0 Å². The zero-order valence-corrected chi connectivity index (χ0v) is 13.4. The maximum absolute atomic E-state index is 11.8. The van der Waals surface area contributed by atoms with E-state index in [1.165, 1.54) is 0 Å². The predicted octanol–water partition coefficient (Wildman–Crippen LogP) is 5.67. The highest BCUT2D eigenvalue weighted by Crippen LogP contribution is 2.31. The Morgan fingerprint density at radius 1 is 1.09 bits per heavy atom. The predicted molar refractivity (Wildman–Crippen MR) is 91.0 cm³/mol. The van der Waals surface area contributed by atoms with Gasteiger partial charge in [-0.2, -0.15) is 10.2 Å². The molecule has 0 spiro atoms.